The highest BCUT2D eigenvalue weighted by Crippen LogP contribution is 2.26. The van der Waals surface area contributed by atoms with Crippen LogP contribution < -0.4 is 4.90 Å². The number of aryl methyl sites for hydroxylation is 1. The third-order valence-corrected chi connectivity index (χ3v) is 3.77. The van der Waals surface area contributed by atoms with E-state index < -0.39 is 21.4 Å². The van der Waals surface area contributed by atoms with Crippen molar-refractivity contribution in [3.8, 4) is 0 Å². The summed E-state index contributed by atoms with van der Waals surface area (Å²) in [6.07, 6.45) is 0.275. The molecule has 1 amide bonds. The van der Waals surface area contributed by atoms with Crippen molar-refractivity contribution in [1.29, 1.82) is 0 Å². The number of amides is 1. The predicted molar refractivity (Wildman–Crippen MR) is 56.7 cm³/mol. The molecule has 0 N–H and O–H groups in total. The second-order valence-electron chi connectivity index (χ2n) is 3.82. The molecule has 1 unspecified atom stereocenters. The summed E-state index contributed by atoms with van der Waals surface area (Å²) >= 11 is 0. The molecule has 94 valence electrons. The molecule has 1 aliphatic rings. The Morgan fingerprint density at radius 1 is 1.65 bits per heavy atom. The molecule has 1 atom stereocenters. The summed E-state index contributed by atoms with van der Waals surface area (Å²) in [5.41, 5.74) is 0.652. The zero-order valence-electron chi connectivity index (χ0n) is 9.09. The molecule has 1 saturated heterocycles. The van der Waals surface area contributed by atoms with Crippen molar-refractivity contribution in [2.75, 3.05) is 11.4 Å². The van der Waals surface area contributed by atoms with Gasteiger partial charge < -0.3 is 4.52 Å². The Hall–Kier alpha value is -1.44. The molecule has 1 fully saturated rings. The van der Waals surface area contributed by atoms with Crippen LogP contribution in [-0.4, -0.2) is 31.3 Å². The molecule has 0 spiro atoms. The summed E-state index contributed by atoms with van der Waals surface area (Å²) in [5, 5.41) is 2.37. The largest absolute Gasteiger partial charge is 0.338 e. The monoisotopic (exact) mass is 262 g/mol. The van der Waals surface area contributed by atoms with Crippen LogP contribution >= 0.6 is 0 Å². The van der Waals surface area contributed by atoms with Crippen molar-refractivity contribution in [3.63, 3.8) is 0 Å². The van der Waals surface area contributed by atoms with Gasteiger partial charge in [-0.1, -0.05) is 12.1 Å². The van der Waals surface area contributed by atoms with Gasteiger partial charge in [0, 0.05) is 19.0 Å². The van der Waals surface area contributed by atoms with Crippen molar-refractivity contribution < 1.29 is 21.6 Å². The second kappa shape index (κ2) is 4.10. The lowest BCUT2D eigenvalue weighted by Gasteiger charge is -2.10. The minimum atomic E-state index is -4.70. The van der Waals surface area contributed by atoms with E-state index in [0.29, 0.717) is 12.1 Å². The minimum absolute atomic E-state index is 0.165. The van der Waals surface area contributed by atoms with Gasteiger partial charge in [-0.05, 0) is 6.42 Å². The van der Waals surface area contributed by atoms with Crippen LogP contribution in [0.2, 0.25) is 0 Å². The first-order valence-corrected chi connectivity index (χ1v) is 6.56. The molecule has 8 heteroatoms. The van der Waals surface area contributed by atoms with E-state index in [1.165, 1.54) is 0 Å². The fourth-order valence-corrected chi connectivity index (χ4v) is 2.34. The van der Waals surface area contributed by atoms with Crippen molar-refractivity contribution in [3.05, 3.63) is 11.8 Å². The van der Waals surface area contributed by atoms with Gasteiger partial charge in [-0.3, -0.25) is 9.69 Å². The van der Waals surface area contributed by atoms with Crippen LogP contribution in [0.15, 0.2) is 10.6 Å². The molecule has 2 rings (SSSR count). The maximum Gasteiger partial charge on any atom is 0.307 e. The van der Waals surface area contributed by atoms with Crippen molar-refractivity contribution in [1.82, 2.24) is 5.16 Å². The number of nitrogens with zero attached hydrogens (tertiary/aromatic N) is 2. The standard InChI is InChI=1S/C9H11FN2O4S/c1-2-6-3-9(16-11-6)12-5-7(4-8(12)13)17(10,14)15/h3,7H,2,4-5H2,1H3. The smallest absolute Gasteiger partial charge is 0.307 e. The van der Waals surface area contributed by atoms with E-state index in [1.807, 2.05) is 6.92 Å². The molecule has 1 aromatic rings. The molecule has 6 nitrogen and oxygen atoms in total. The van der Waals surface area contributed by atoms with E-state index in [1.54, 1.807) is 6.07 Å². The summed E-state index contributed by atoms with van der Waals surface area (Å²) in [6, 6.07) is 1.55. The molecule has 0 bridgehead atoms. The van der Waals surface area contributed by atoms with Gasteiger partial charge in [-0.2, -0.15) is 8.42 Å². The first-order chi connectivity index (χ1) is 7.91. The van der Waals surface area contributed by atoms with Crippen LogP contribution in [0.4, 0.5) is 9.77 Å². The van der Waals surface area contributed by atoms with Gasteiger partial charge in [-0.15, -0.1) is 3.89 Å². The number of aromatic nitrogens is 1. The van der Waals surface area contributed by atoms with Crippen LogP contribution in [0.25, 0.3) is 0 Å². The Morgan fingerprint density at radius 3 is 2.82 bits per heavy atom. The average Bonchev–Trinajstić information content (AvgIpc) is 2.82. The first-order valence-electron chi connectivity index (χ1n) is 5.11. The molecular formula is C9H11FN2O4S. The van der Waals surface area contributed by atoms with Crippen LogP contribution in [0.5, 0.6) is 0 Å². The van der Waals surface area contributed by atoms with E-state index in [-0.39, 0.29) is 18.8 Å². The molecule has 1 aliphatic heterocycles. The number of hydrogen-bond donors (Lipinski definition) is 0. The van der Waals surface area contributed by atoms with E-state index >= 15 is 0 Å². The van der Waals surface area contributed by atoms with Gasteiger partial charge in [0.1, 0.15) is 5.25 Å². The Kier molecular flexibility index (Phi) is 2.90. The molecule has 2 heterocycles. The highest BCUT2D eigenvalue weighted by Gasteiger charge is 2.40. The predicted octanol–water partition coefficient (Wildman–Crippen LogP) is 0.642. The van der Waals surface area contributed by atoms with Crippen LogP contribution in [0.3, 0.4) is 0 Å². The Bertz CT molecular complexity index is 539. The molecule has 0 aliphatic carbocycles. The number of rotatable bonds is 3. The van der Waals surface area contributed by atoms with Crippen molar-refractivity contribution in [2.24, 2.45) is 0 Å². The number of hydrogen-bond acceptors (Lipinski definition) is 5. The topological polar surface area (TPSA) is 80.5 Å². The summed E-state index contributed by atoms with van der Waals surface area (Å²) in [7, 11) is -4.70. The Morgan fingerprint density at radius 2 is 2.35 bits per heavy atom. The normalized spacial score (nSPS) is 21.2. The minimum Gasteiger partial charge on any atom is -0.338 e. The summed E-state index contributed by atoms with van der Waals surface area (Å²) < 4.78 is 39.1. The number of carbonyl (C=O) groups excluding carboxylic acids is 1. The van der Waals surface area contributed by atoms with Gasteiger partial charge in [0.15, 0.2) is 0 Å². The summed E-state index contributed by atoms with van der Waals surface area (Å²) in [4.78, 5) is 12.6. The van der Waals surface area contributed by atoms with Crippen LogP contribution in [0, 0.1) is 0 Å². The number of carbonyl (C=O) groups is 1. The molecule has 1 aromatic heterocycles. The summed E-state index contributed by atoms with van der Waals surface area (Å²) in [5.74, 6) is -0.312. The van der Waals surface area contributed by atoms with Crippen molar-refractivity contribution >= 4 is 22.0 Å². The zero-order valence-corrected chi connectivity index (χ0v) is 9.91. The van der Waals surface area contributed by atoms with Gasteiger partial charge in [0.05, 0.1) is 5.69 Å². The lowest BCUT2D eigenvalue weighted by Crippen LogP contribution is -2.26. The maximum atomic E-state index is 12.8. The molecule has 17 heavy (non-hydrogen) atoms. The Balaban J connectivity index is 2.21. The molecule has 0 saturated carbocycles. The number of anilines is 1. The van der Waals surface area contributed by atoms with Gasteiger partial charge in [0.25, 0.3) is 0 Å². The van der Waals surface area contributed by atoms with E-state index in [0.717, 1.165) is 4.90 Å². The first kappa shape index (κ1) is 12.0. The van der Waals surface area contributed by atoms with E-state index in [9.17, 15) is 17.1 Å². The third kappa shape index (κ3) is 2.31. The number of halogens is 1. The van der Waals surface area contributed by atoms with Gasteiger partial charge in [-0.25, -0.2) is 0 Å². The van der Waals surface area contributed by atoms with Gasteiger partial charge in [0.2, 0.25) is 11.8 Å². The van der Waals surface area contributed by atoms with Crippen molar-refractivity contribution in [2.45, 2.75) is 25.0 Å². The van der Waals surface area contributed by atoms with Crippen LogP contribution in [0.1, 0.15) is 19.0 Å². The SMILES string of the molecule is CCc1cc(N2CC(S(=O)(=O)F)CC2=O)on1. The van der Waals surface area contributed by atoms with Gasteiger partial charge >= 0.3 is 10.2 Å². The maximum absolute atomic E-state index is 12.8. The fourth-order valence-electron chi connectivity index (χ4n) is 1.67. The van der Waals surface area contributed by atoms with Crippen LogP contribution in [-0.2, 0) is 21.4 Å². The lowest BCUT2D eigenvalue weighted by atomic mass is 10.3. The van der Waals surface area contributed by atoms with E-state index in [4.69, 9.17) is 4.52 Å². The molecule has 0 aromatic carbocycles. The average molecular weight is 262 g/mol. The highest BCUT2D eigenvalue weighted by atomic mass is 32.3. The third-order valence-electron chi connectivity index (χ3n) is 2.66. The quantitative estimate of drug-likeness (QED) is 0.747. The highest BCUT2D eigenvalue weighted by molar-refractivity contribution is 7.87. The lowest BCUT2D eigenvalue weighted by molar-refractivity contribution is -0.117. The zero-order chi connectivity index (χ0) is 12.6. The molecule has 0 radical (unpaired) electrons. The molecular weight excluding hydrogens is 251 g/mol. The fraction of sp³-hybridized carbons (Fsp3) is 0.556. The Labute approximate surface area is 97.6 Å². The van der Waals surface area contributed by atoms with E-state index in [2.05, 4.69) is 5.16 Å². The summed E-state index contributed by atoms with van der Waals surface area (Å²) in [6.45, 7) is 1.64. The second-order valence-corrected chi connectivity index (χ2v) is 5.43.